The molecular formula is C21H30N4O3. The minimum Gasteiger partial charge on any atom is -0.373 e. The molecule has 7 heteroatoms. The standard InChI is InChI=1S/C21H30N4O3/c1-14-10-24(11-15(2)28-14)21(4,5)13-22-19(26)12-25-20(27)18-9-7-6-8-17(18)16(3)23-25/h6-9,14-15H,10-13H2,1-5H3,(H,22,26). The highest BCUT2D eigenvalue weighted by Gasteiger charge is 2.33. The second-order valence-corrected chi connectivity index (χ2v) is 8.35. The quantitative estimate of drug-likeness (QED) is 0.847. The van der Waals surface area contributed by atoms with Crippen LogP contribution < -0.4 is 10.9 Å². The number of rotatable bonds is 5. The molecule has 28 heavy (non-hydrogen) atoms. The Balaban J connectivity index is 1.67. The van der Waals surface area contributed by atoms with Crippen molar-refractivity contribution < 1.29 is 9.53 Å². The van der Waals surface area contributed by atoms with Crippen LogP contribution in [0.25, 0.3) is 10.8 Å². The lowest BCUT2D eigenvalue weighted by Crippen LogP contribution is -2.58. The maximum atomic E-state index is 12.6. The van der Waals surface area contributed by atoms with Crippen LogP contribution in [0.5, 0.6) is 0 Å². The highest BCUT2D eigenvalue weighted by atomic mass is 16.5. The lowest BCUT2D eigenvalue weighted by molar-refractivity contribution is -0.123. The van der Waals surface area contributed by atoms with Crippen molar-refractivity contribution in [3.8, 4) is 0 Å². The number of fused-ring (bicyclic) bond motifs is 1. The fourth-order valence-electron chi connectivity index (χ4n) is 3.80. The summed E-state index contributed by atoms with van der Waals surface area (Å²) in [7, 11) is 0. The third-order valence-corrected chi connectivity index (χ3v) is 5.34. The van der Waals surface area contributed by atoms with E-state index in [-0.39, 0.29) is 35.8 Å². The van der Waals surface area contributed by atoms with Gasteiger partial charge in [-0.15, -0.1) is 0 Å². The van der Waals surface area contributed by atoms with E-state index >= 15 is 0 Å². The smallest absolute Gasteiger partial charge is 0.275 e. The third-order valence-electron chi connectivity index (χ3n) is 5.34. The van der Waals surface area contributed by atoms with Crippen molar-refractivity contribution in [2.24, 2.45) is 0 Å². The van der Waals surface area contributed by atoms with Crippen LogP contribution >= 0.6 is 0 Å². The molecule has 2 atom stereocenters. The number of aromatic nitrogens is 2. The first-order chi connectivity index (χ1) is 13.2. The fourth-order valence-corrected chi connectivity index (χ4v) is 3.80. The summed E-state index contributed by atoms with van der Waals surface area (Å²) in [5, 5.41) is 8.69. The van der Waals surface area contributed by atoms with Gasteiger partial charge in [-0.2, -0.15) is 5.10 Å². The van der Waals surface area contributed by atoms with Crippen molar-refractivity contribution in [3.63, 3.8) is 0 Å². The first kappa shape index (κ1) is 20.5. The van der Waals surface area contributed by atoms with Gasteiger partial charge in [0.15, 0.2) is 0 Å². The van der Waals surface area contributed by atoms with Crippen molar-refractivity contribution in [1.29, 1.82) is 0 Å². The number of morpholine rings is 1. The average molecular weight is 386 g/mol. The number of benzene rings is 1. The minimum atomic E-state index is -0.244. The lowest BCUT2D eigenvalue weighted by atomic mass is 10.00. The maximum Gasteiger partial charge on any atom is 0.275 e. The van der Waals surface area contributed by atoms with E-state index in [1.807, 2.05) is 25.1 Å². The molecule has 1 aliphatic heterocycles. The van der Waals surface area contributed by atoms with Crippen LogP contribution in [0.2, 0.25) is 0 Å². The number of carbonyl (C=O) groups is 1. The molecule has 152 valence electrons. The number of aryl methyl sites for hydroxylation is 1. The van der Waals surface area contributed by atoms with Crippen LogP contribution in [0.15, 0.2) is 29.1 Å². The number of hydrogen-bond donors (Lipinski definition) is 1. The molecule has 2 aromatic rings. The number of ether oxygens (including phenoxy) is 1. The largest absolute Gasteiger partial charge is 0.373 e. The van der Waals surface area contributed by atoms with Crippen LogP contribution in [0, 0.1) is 6.92 Å². The van der Waals surface area contributed by atoms with Crippen LogP contribution in [0.1, 0.15) is 33.4 Å². The van der Waals surface area contributed by atoms with Gasteiger partial charge in [0.1, 0.15) is 6.54 Å². The van der Waals surface area contributed by atoms with Crippen molar-refractivity contribution in [3.05, 3.63) is 40.3 Å². The Labute approximate surface area is 165 Å². The van der Waals surface area contributed by atoms with E-state index in [0.717, 1.165) is 24.2 Å². The summed E-state index contributed by atoms with van der Waals surface area (Å²) < 4.78 is 7.05. The van der Waals surface area contributed by atoms with E-state index in [0.29, 0.717) is 11.9 Å². The molecule has 1 N–H and O–H groups in total. The summed E-state index contributed by atoms with van der Waals surface area (Å²) in [6.07, 6.45) is 0.337. The van der Waals surface area contributed by atoms with Crippen LogP contribution in [-0.4, -0.2) is 58.0 Å². The normalized spacial score (nSPS) is 21.0. The zero-order valence-electron chi connectivity index (χ0n) is 17.4. The van der Waals surface area contributed by atoms with Gasteiger partial charge in [-0.25, -0.2) is 4.68 Å². The SMILES string of the molecule is Cc1nn(CC(=O)NCC(C)(C)N2CC(C)OC(C)C2)c(=O)c2ccccc12. The predicted molar refractivity (Wildman–Crippen MR) is 109 cm³/mol. The van der Waals surface area contributed by atoms with E-state index < -0.39 is 0 Å². The molecule has 0 bridgehead atoms. The molecule has 1 fully saturated rings. The molecular weight excluding hydrogens is 356 g/mol. The summed E-state index contributed by atoms with van der Waals surface area (Å²) in [6, 6.07) is 7.34. The molecule has 1 aliphatic rings. The van der Waals surface area contributed by atoms with E-state index in [4.69, 9.17) is 4.74 Å². The topological polar surface area (TPSA) is 76.5 Å². The summed E-state index contributed by atoms with van der Waals surface area (Å²) in [5.41, 5.74) is 0.283. The van der Waals surface area contributed by atoms with Gasteiger partial charge in [-0.1, -0.05) is 18.2 Å². The summed E-state index contributed by atoms with van der Waals surface area (Å²) in [5.74, 6) is -0.216. The summed E-state index contributed by atoms with van der Waals surface area (Å²) >= 11 is 0. The van der Waals surface area contributed by atoms with Gasteiger partial charge in [0, 0.05) is 30.6 Å². The highest BCUT2D eigenvalue weighted by molar-refractivity contribution is 5.83. The lowest BCUT2D eigenvalue weighted by Gasteiger charge is -2.45. The van der Waals surface area contributed by atoms with Gasteiger partial charge < -0.3 is 10.1 Å². The van der Waals surface area contributed by atoms with Crippen LogP contribution in [0.3, 0.4) is 0 Å². The molecule has 1 saturated heterocycles. The first-order valence-corrected chi connectivity index (χ1v) is 9.81. The molecule has 0 saturated carbocycles. The average Bonchev–Trinajstić information content (AvgIpc) is 2.63. The Hall–Kier alpha value is -2.25. The molecule has 2 heterocycles. The van der Waals surface area contributed by atoms with Gasteiger partial charge in [-0.05, 0) is 40.7 Å². The molecule has 1 amide bonds. The van der Waals surface area contributed by atoms with Gasteiger partial charge in [0.25, 0.3) is 5.56 Å². The molecule has 3 rings (SSSR count). The van der Waals surface area contributed by atoms with E-state index in [1.165, 1.54) is 4.68 Å². The van der Waals surface area contributed by atoms with Crippen molar-refractivity contribution in [2.75, 3.05) is 19.6 Å². The van der Waals surface area contributed by atoms with E-state index in [1.54, 1.807) is 6.07 Å². The molecule has 0 radical (unpaired) electrons. The third kappa shape index (κ3) is 4.42. The fraction of sp³-hybridized carbons (Fsp3) is 0.571. The number of carbonyl (C=O) groups excluding carboxylic acids is 1. The van der Waals surface area contributed by atoms with Gasteiger partial charge in [0.05, 0.1) is 23.3 Å². The van der Waals surface area contributed by atoms with Gasteiger partial charge in [0.2, 0.25) is 5.91 Å². The minimum absolute atomic E-state index is 0.0868. The summed E-state index contributed by atoms with van der Waals surface area (Å²) in [4.78, 5) is 27.5. The Bertz CT molecular complexity index is 911. The predicted octanol–water partition coefficient (Wildman–Crippen LogP) is 1.71. The van der Waals surface area contributed by atoms with E-state index in [2.05, 4.69) is 43.0 Å². The van der Waals surface area contributed by atoms with Crippen molar-refractivity contribution in [1.82, 2.24) is 20.0 Å². The Morgan fingerprint density at radius 3 is 2.46 bits per heavy atom. The number of hydrogen-bond acceptors (Lipinski definition) is 5. The monoisotopic (exact) mass is 386 g/mol. The first-order valence-electron chi connectivity index (χ1n) is 9.81. The zero-order valence-corrected chi connectivity index (χ0v) is 17.4. The highest BCUT2D eigenvalue weighted by Crippen LogP contribution is 2.20. The van der Waals surface area contributed by atoms with Crippen molar-refractivity contribution >= 4 is 16.7 Å². The maximum absolute atomic E-state index is 12.6. The second-order valence-electron chi connectivity index (χ2n) is 8.35. The molecule has 7 nitrogen and oxygen atoms in total. The Morgan fingerprint density at radius 1 is 1.21 bits per heavy atom. The van der Waals surface area contributed by atoms with E-state index in [9.17, 15) is 9.59 Å². The van der Waals surface area contributed by atoms with Crippen LogP contribution in [-0.2, 0) is 16.1 Å². The van der Waals surface area contributed by atoms with Gasteiger partial charge in [-0.3, -0.25) is 14.5 Å². The number of amides is 1. The van der Waals surface area contributed by atoms with Crippen LogP contribution in [0.4, 0.5) is 0 Å². The number of nitrogens with one attached hydrogen (secondary N) is 1. The Morgan fingerprint density at radius 2 is 1.82 bits per heavy atom. The van der Waals surface area contributed by atoms with Gasteiger partial charge >= 0.3 is 0 Å². The molecule has 2 unspecified atom stereocenters. The molecule has 0 aliphatic carbocycles. The summed E-state index contributed by atoms with van der Waals surface area (Å²) in [6.45, 7) is 12.3. The Kier molecular flexibility index (Phi) is 5.86. The van der Waals surface area contributed by atoms with Crippen molar-refractivity contribution in [2.45, 2.75) is 58.9 Å². The molecule has 1 aromatic heterocycles. The second kappa shape index (κ2) is 8.01. The molecule has 0 spiro atoms. The number of nitrogens with zero attached hydrogens (tertiary/aromatic N) is 3. The zero-order chi connectivity index (χ0) is 20.5. The molecule has 1 aromatic carbocycles.